The van der Waals surface area contributed by atoms with E-state index in [0.717, 1.165) is 31.7 Å². The number of nitrogens with zero attached hydrogens (tertiary/aromatic N) is 6. The molecular weight excluding hydrogens is 308 g/mol. The molecular formula is C16H20N6O2. The van der Waals surface area contributed by atoms with Gasteiger partial charge in [0.05, 0.1) is 6.21 Å². The third-order valence-electron chi connectivity index (χ3n) is 4.78. The first-order chi connectivity index (χ1) is 11.7. The number of fused-ring (bicyclic) bond motifs is 4. The fraction of sp³-hybridized carbons (Fsp3) is 0.500. The molecule has 1 fully saturated rings. The highest BCUT2D eigenvalue weighted by Gasteiger charge is 2.34. The molecule has 0 amide bonds. The second-order valence-corrected chi connectivity index (χ2v) is 6.59. The SMILES string of the molecule is O=c1cccc2n1CC1CC2CN(CC(O)/C=N/n2cnnc2)C1. The van der Waals surface area contributed by atoms with Gasteiger partial charge in [-0.2, -0.15) is 5.10 Å². The van der Waals surface area contributed by atoms with Crippen molar-refractivity contribution in [1.82, 2.24) is 24.3 Å². The van der Waals surface area contributed by atoms with Crippen molar-refractivity contribution in [2.45, 2.75) is 25.0 Å². The van der Waals surface area contributed by atoms with Crippen LogP contribution in [0.4, 0.5) is 0 Å². The van der Waals surface area contributed by atoms with E-state index in [2.05, 4.69) is 26.3 Å². The second-order valence-electron chi connectivity index (χ2n) is 6.59. The van der Waals surface area contributed by atoms with Crippen molar-refractivity contribution in [3.63, 3.8) is 0 Å². The molecule has 0 saturated carbocycles. The summed E-state index contributed by atoms with van der Waals surface area (Å²) in [6.45, 7) is 3.06. The van der Waals surface area contributed by atoms with Gasteiger partial charge in [0.1, 0.15) is 18.8 Å². The highest BCUT2D eigenvalue weighted by molar-refractivity contribution is 5.62. The number of hydrogen-bond donors (Lipinski definition) is 1. The molecule has 0 spiro atoms. The summed E-state index contributed by atoms with van der Waals surface area (Å²) in [4.78, 5) is 14.3. The lowest BCUT2D eigenvalue weighted by Gasteiger charge is -2.43. The minimum atomic E-state index is -0.649. The second kappa shape index (κ2) is 6.29. The topological polar surface area (TPSA) is 88.5 Å². The maximum atomic E-state index is 12.0. The Kier molecular flexibility index (Phi) is 3.99. The first kappa shape index (κ1) is 15.2. The van der Waals surface area contributed by atoms with Gasteiger partial charge in [0.25, 0.3) is 5.56 Å². The van der Waals surface area contributed by atoms with Crippen LogP contribution in [0.5, 0.6) is 0 Å². The van der Waals surface area contributed by atoms with Gasteiger partial charge in [-0.3, -0.25) is 9.69 Å². The quantitative estimate of drug-likeness (QED) is 0.782. The summed E-state index contributed by atoms with van der Waals surface area (Å²) in [5, 5.41) is 21.6. The summed E-state index contributed by atoms with van der Waals surface area (Å²) in [6.07, 6.45) is 4.92. The van der Waals surface area contributed by atoms with Gasteiger partial charge < -0.3 is 9.67 Å². The van der Waals surface area contributed by atoms with Crippen molar-refractivity contribution in [2.24, 2.45) is 11.0 Å². The van der Waals surface area contributed by atoms with Crippen molar-refractivity contribution in [3.05, 3.63) is 46.9 Å². The fourth-order valence-corrected chi connectivity index (χ4v) is 3.87. The number of aliphatic hydroxyl groups is 1. The minimum absolute atomic E-state index is 0.0942. The van der Waals surface area contributed by atoms with Gasteiger partial charge in [0, 0.05) is 43.9 Å². The van der Waals surface area contributed by atoms with Crippen LogP contribution in [0.1, 0.15) is 18.0 Å². The van der Waals surface area contributed by atoms with Crippen molar-refractivity contribution >= 4 is 6.21 Å². The van der Waals surface area contributed by atoms with Gasteiger partial charge in [-0.05, 0) is 18.4 Å². The Hall–Kier alpha value is -2.32. The number of aliphatic hydroxyl groups excluding tert-OH is 1. The molecule has 8 nitrogen and oxygen atoms in total. The molecule has 1 saturated heterocycles. The van der Waals surface area contributed by atoms with Crippen LogP contribution in [-0.4, -0.2) is 61.4 Å². The smallest absolute Gasteiger partial charge is 0.250 e. The Morgan fingerprint density at radius 1 is 1.29 bits per heavy atom. The number of piperidine rings is 1. The molecule has 24 heavy (non-hydrogen) atoms. The number of likely N-dealkylation sites (tertiary alicyclic amines) is 1. The zero-order chi connectivity index (χ0) is 16.5. The summed E-state index contributed by atoms with van der Waals surface area (Å²) in [5.41, 5.74) is 1.22. The van der Waals surface area contributed by atoms with Crippen LogP contribution in [0.2, 0.25) is 0 Å². The Labute approximate surface area is 139 Å². The van der Waals surface area contributed by atoms with E-state index in [1.165, 1.54) is 23.5 Å². The molecule has 2 bridgehead atoms. The summed E-state index contributed by atoms with van der Waals surface area (Å²) >= 11 is 0. The largest absolute Gasteiger partial charge is 0.386 e. The highest BCUT2D eigenvalue weighted by Crippen LogP contribution is 2.34. The number of aromatic nitrogens is 4. The zero-order valence-corrected chi connectivity index (χ0v) is 13.3. The van der Waals surface area contributed by atoms with Crippen LogP contribution in [0.3, 0.4) is 0 Å². The lowest BCUT2D eigenvalue weighted by molar-refractivity contribution is 0.0867. The molecule has 2 aromatic rings. The molecule has 2 aliphatic heterocycles. The monoisotopic (exact) mass is 328 g/mol. The Morgan fingerprint density at radius 3 is 2.96 bits per heavy atom. The van der Waals surface area contributed by atoms with E-state index < -0.39 is 6.10 Å². The Bertz CT molecular complexity index is 784. The van der Waals surface area contributed by atoms with Gasteiger partial charge in [-0.25, -0.2) is 4.68 Å². The summed E-state index contributed by atoms with van der Waals surface area (Å²) in [7, 11) is 0. The summed E-state index contributed by atoms with van der Waals surface area (Å²) < 4.78 is 3.37. The van der Waals surface area contributed by atoms with E-state index in [1.54, 1.807) is 6.07 Å². The predicted octanol–water partition coefficient (Wildman–Crippen LogP) is -0.246. The number of pyridine rings is 1. The average Bonchev–Trinajstić information content (AvgIpc) is 3.07. The molecule has 0 radical (unpaired) electrons. The Balaban J connectivity index is 1.43. The third kappa shape index (κ3) is 3.02. The van der Waals surface area contributed by atoms with Crippen molar-refractivity contribution in [3.8, 4) is 0 Å². The van der Waals surface area contributed by atoms with E-state index in [0.29, 0.717) is 18.4 Å². The van der Waals surface area contributed by atoms with E-state index in [4.69, 9.17) is 0 Å². The van der Waals surface area contributed by atoms with Crippen molar-refractivity contribution < 1.29 is 5.11 Å². The number of rotatable bonds is 4. The van der Waals surface area contributed by atoms with Crippen LogP contribution >= 0.6 is 0 Å². The molecule has 2 aliphatic rings. The molecule has 0 aromatic carbocycles. The van der Waals surface area contributed by atoms with Crippen molar-refractivity contribution in [2.75, 3.05) is 19.6 Å². The van der Waals surface area contributed by atoms with Gasteiger partial charge in [0.2, 0.25) is 0 Å². The molecule has 3 unspecified atom stereocenters. The summed E-state index contributed by atoms with van der Waals surface area (Å²) in [6, 6.07) is 5.53. The van der Waals surface area contributed by atoms with E-state index in [9.17, 15) is 9.90 Å². The van der Waals surface area contributed by atoms with Crippen molar-refractivity contribution in [1.29, 1.82) is 0 Å². The molecule has 8 heteroatoms. The van der Waals surface area contributed by atoms with Gasteiger partial charge in [0.15, 0.2) is 0 Å². The standard InChI is InChI=1S/C16H20N6O2/c23-14(5-19-21-10-17-18-11-21)9-20-6-12-4-13(8-20)15-2-1-3-16(24)22(15)7-12/h1-3,5,10-14,23H,4,6-9H2/b19-5+. The third-order valence-corrected chi connectivity index (χ3v) is 4.78. The van der Waals surface area contributed by atoms with Crippen LogP contribution in [0.15, 0.2) is 40.7 Å². The van der Waals surface area contributed by atoms with Crippen LogP contribution in [0, 0.1) is 5.92 Å². The molecule has 4 heterocycles. The lowest BCUT2D eigenvalue weighted by atomic mass is 9.83. The van der Waals surface area contributed by atoms with Crippen LogP contribution in [0.25, 0.3) is 0 Å². The highest BCUT2D eigenvalue weighted by atomic mass is 16.3. The number of β-amino-alcohol motifs (C(OH)–C–C–N with tert-alkyl or cyclic N) is 1. The number of hydrogen-bond acceptors (Lipinski definition) is 6. The molecule has 2 aromatic heterocycles. The van der Waals surface area contributed by atoms with E-state index in [1.807, 2.05) is 10.6 Å². The van der Waals surface area contributed by atoms with Crippen LogP contribution < -0.4 is 5.56 Å². The molecule has 4 rings (SSSR count). The maximum Gasteiger partial charge on any atom is 0.250 e. The maximum absolute atomic E-state index is 12.0. The normalized spacial score (nSPS) is 24.9. The average molecular weight is 328 g/mol. The fourth-order valence-electron chi connectivity index (χ4n) is 3.87. The van der Waals surface area contributed by atoms with E-state index in [-0.39, 0.29) is 5.56 Å². The predicted molar refractivity (Wildman–Crippen MR) is 87.9 cm³/mol. The Morgan fingerprint density at radius 2 is 2.12 bits per heavy atom. The van der Waals surface area contributed by atoms with E-state index >= 15 is 0 Å². The molecule has 0 aliphatic carbocycles. The van der Waals surface area contributed by atoms with Gasteiger partial charge in [-0.15, -0.1) is 10.2 Å². The summed E-state index contributed by atoms with van der Waals surface area (Å²) in [5.74, 6) is 0.812. The van der Waals surface area contributed by atoms with Gasteiger partial charge in [-0.1, -0.05) is 6.07 Å². The first-order valence-electron chi connectivity index (χ1n) is 8.18. The first-order valence-corrected chi connectivity index (χ1v) is 8.18. The minimum Gasteiger partial charge on any atom is -0.386 e. The van der Waals surface area contributed by atoms with Gasteiger partial charge >= 0.3 is 0 Å². The molecule has 126 valence electrons. The molecule has 3 atom stereocenters. The zero-order valence-electron chi connectivity index (χ0n) is 13.3. The lowest BCUT2D eigenvalue weighted by Crippen LogP contribution is -2.49. The van der Waals surface area contributed by atoms with Crippen LogP contribution in [-0.2, 0) is 6.54 Å². The molecule has 1 N–H and O–H groups in total.